The van der Waals surface area contributed by atoms with Crippen LogP contribution in [0.25, 0.3) is 11.4 Å². The number of imidazole rings is 1. The number of hydrogen-bond acceptors (Lipinski definition) is 5. The number of nitrogen functional groups attached to an aromatic ring is 1. The van der Waals surface area contributed by atoms with Gasteiger partial charge in [0.05, 0.1) is 23.4 Å². The van der Waals surface area contributed by atoms with E-state index in [0.29, 0.717) is 44.8 Å². The molecule has 8 nitrogen and oxygen atoms in total. The summed E-state index contributed by atoms with van der Waals surface area (Å²) in [5.74, 6) is -0.770. The fourth-order valence-corrected chi connectivity index (χ4v) is 5.89. The smallest absolute Gasteiger partial charge is 0.280 e. The third-order valence-electron chi connectivity index (χ3n) is 7.09. The van der Waals surface area contributed by atoms with Crippen LogP contribution in [0.15, 0.2) is 54.6 Å². The van der Waals surface area contributed by atoms with Crippen LogP contribution in [0.3, 0.4) is 0 Å². The van der Waals surface area contributed by atoms with E-state index in [2.05, 4.69) is 5.32 Å². The number of rotatable bonds is 4. The number of methoxy groups -OCH3 is 1. The van der Waals surface area contributed by atoms with Crippen LogP contribution in [0.2, 0.25) is 10.0 Å². The van der Waals surface area contributed by atoms with Gasteiger partial charge in [-0.2, -0.15) is 0 Å². The van der Waals surface area contributed by atoms with Crippen LogP contribution >= 0.6 is 23.2 Å². The van der Waals surface area contributed by atoms with Crippen molar-refractivity contribution in [3.05, 3.63) is 87.4 Å². The van der Waals surface area contributed by atoms with E-state index in [1.54, 1.807) is 36.4 Å². The molecule has 198 valence electrons. The number of nitrogens with two attached hydrogens (primary N) is 1. The van der Waals surface area contributed by atoms with Crippen LogP contribution in [0.4, 0.5) is 21.5 Å². The molecule has 3 N–H and O–H groups in total. The maximum absolute atomic E-state index is 14.3. The number of carbonyl (C=O) groups excluding carboxylic acids is 2. The van der Waals surface area contributed by atoms with Gasteiger partial charge in [0.1, 0.15) is 17.4 Å². The Morgan fingerprint density at radius 2 is 1.85 bits per heavy atom. The Bertz CT molecular complexity index is 1720. The highest BCUT2D eigenvalue weighted by Gasteiger charge is 2.64. The van der Waals surface area contributed by atoms with Gasteiger partial charge in [-0.05, 0) is 56.3 Å². The van der Waals surface area contributed by atoms with Gasteiger partial charge >= 0.3 is 0 Å². The van der Waals surface area contributed by atoms with Crippen LogP contribution in [0.5, 0.6) is 5.75 Å². The Morgan fingerprint density at radius 3 is 2.54 bits per heavy atom. The van der Waals surface area contributed by atoms with Crippen molar-refractivity contribution in [3.8, 4) is 17.1 Å². The lowest BCUT2D eigenvalue weighted by Gasteiger charge is -2.35. The van der Waals surface area contributed by atoms with Crippen LogP contribution in [0, 0.1) is 5.82 Å². The van der Waals surface area contributed by atoms with Gasteiger partial charge in [0, 0.05) is 39.8 Å². The van der Waals surface area contributed by atoms with Gasteiger partial charge in [-0.15, -0.1) is 0 Å². The molecule has 0 saturated heterocycles. The number of ether oxygens (including phenoxy) is 1. The van der Waals surface area contributed by atoms with E-state index in [1.807, 2.05) is 18.4 Å². The molecule has 2 aliphatic heterocycles. The van der Waals surface area contributed by atoms with Crippen molar-refractivity contribution < 1.29 is 18.7 Å². The molecule has 3 aromatic carbocycles. The fourth-order valence-electron chi connectivity index (χ4n) is 5.54. The zero-order chi connectivity index (χ0) is 27.8. The van der Waals surface area contributed by atoms with E-state index in [1.165, 1.54) is 24.1 Å². The predicted molar refractivity (Wildman–Crippen MR) is 148 cm³/mol. The number of hydrogen-bond donors (Lipinski definition) is 2. The number of nitrogens with zero attached hydrogens (tertiary/aromatic N) is 3. The molecule has 1 spiro atoms. The topological polar surface area (TPSA) is 102 Å². The van der Waals surface area contributed by atoms with Gasteiger partial charge in [0.25, 0.3) is 11.8 Å². The molecule has 3 heterocycles. The van der Waals surface area contributed by atoms with E-state index in [-0.39, 0.29) is 22.4 Å². The molecule has 0 aliphatic carbocycles. The van der Waals surface area contributed by atoms with Crippen LogP contribution in [-0.2, 0) is 10.3 Å². The first-order valence-corrected chi connectivity index (χ1v) is 12.8. The van der Waals surface area contributed by atoms with Gasteiger partial charge in [-0.1, -0.05) is 29.3 Å². The molecule has 2 aliphatic rings. The van der Waals surface area contributed by atoms with Crippen molar-refractivity contribution in [1.29, 1.82) is 0 Å². The molecule has 0 saturated carbocycles. The van der Waals surface area contributed by atoms with E-state index in [0.717, 1.165) is 6.07 Å². The lowest BCUT2D eigenvalue weighted by atomic mass is 9.87. The van der Waals surface area contributed by atoms with E-state index in [9.17, 15) is 14.0 Å². The normalized spacial score (nSPS) is 17.7. The van der Waals surface area contributed by atoms with Gasteiger partial charge < -0.3 is 20.4 Å². The fraction of sp³-hybridized carbons (Fsp3) is 0.179. The lowest BCUT2D eigenvalue weighted by Crippen LogP contribution is -2.51. The van der Waals surface area contributed by atoms with Crippen molar-refractivity contribution in [3.63, 3.8) is 0 Å². The second kappa shape index (κ2) is 8.72. The number of benzene rings is 3. The SMILES string of the molecule is COc1cc(N)ccc1-c1nc2c(n1C(C)C)C1(C(=O)Nc3cc(Cl)ccc31)N(c1ccc(F)c(Cl)c1)C2=O. The first kappa shape index (κ1) is 25.2. The van der Waals surface area contributed by atoms with Gasteiger partial charge in [0.15, 0.2) is 11.2 Å². The largest absolute Gasteiger partial charge is 0.496 e. The van der Waals surface area contributed by atoms with E-state index in [4.69, 9.17) is 38.7 Å². The molecular weight excluding hydrogens is 544 g/mol. The third-order valence-corrected chi connectivity index (χ3v) is 7.61. The Hall–Kier alpha value is -4.08. The summed E-state index contributed by atoms with van der Waals surface area (Å²) in [7, 11) is 1.52. The second-order valence-corrected chi connectivity index (χ2v) is 10.5. The molecule has 1 aromatic heterocycles. The van der Waals surface area contributed by atoms with E-state index >= 15 is 0 Å². The second-order valence-electron chi connectivity index (χ2n) is 9.65. The van der Waals surface area contributed by atoms with Crippen LogP contribution in [0.1, 0.15) is 41.6 Å². The number of fused-ring (bicyclic) bond motifs is 4. The van der Waals surface area contributed by atoms with Crippen molar-refractivity contribution in [2.24, 2.45) is 0 Å². The summed E-state index contributed by atoms with van der Waals surface area (Å²) in [6.07, 6.45) is 0. The number of anilines is 3. The maximum Gasteiger partial charge on any atom is 0.280 e. The Morgan fingerprint density at radius 1 is 1.08 bits per heavy atom. The maximum atomic E-state index is 14.3. The molecule has 1 unspecified atom stereocenters. The first-order valence-electron chi connectivity index (χ1n) is 12.1. The predicted octanol–water partition coefficient (Wildman–Crippen LogP) is 6.02. The molecule has 39 heavy (non-hydrogen) atoms. The summed E-state index contributed by atoms with van der Waals surface area (Å²) >= 11 is 12.4. The highest BCUT2D eigenvalue weighted by molar-refractivity contribution is 6.32. The molecule has 0 bridgehead atoms. The van der Waals surface area contributed by atoms with Crippen molar-refractivity contribution in [1.82, 2.24) is 9.55 Å². The highest BCUT2D eigenvalue weighted by Crippen LogP contribution is 2.54. The summed E-state index contributed by atoms with van der Waals surface area (Å²) in [6.45, 7) is 3.86. The van der Waals surface area contributed by atoms with Gasteiger partial charge in [-0.25, -0.2) is 9.37 Å². The first-order chi connectivity index (χ1) is 18.6. The third kappa shape index (κ3) is 3.39. The number of halogens is 3. The van der Waals surface area contributed by atoms with Crippen LogP contribution < -0.4 is 20.7 Å². The zero-order valence-electron chi connectivity index (χ0n) is 21.1. The Kier molecular flexibility index (Phi) is 5.64. The average molecular weight is 566 g/mol. The van der Waals surface area contributed by atoms with Crippen molar-refractivity contribution >= 4 is 52.1 Å². The minimum Gasteiger partial charge on any atom is -0.496 e. The Labute approximate surface area is 233 Å². The van der Waals surface area contributed by atoms with E-state index < -0.39 is 23.2 Å². The standard InChI is InChI=1S/C28H22Cl2FN5O3/c1-13(2)35-24-23(34-25(35)17-7-5-15(32)11-22(17)39-3)26(37)36(16-6-9-20(31)19(30)12-16)28(24)18-8-4-14(29)10-21(18)33-27(28)38/h4-13H,32H2,1-3H3,(H,33,38). The van der Waals surface area contributed by atoms with Crippen molar-refractivity contribution in [2.45, 2.75) is 25.4 Å². The molecule has 0 fully saturated rings. The number of aromatic nitrogens is 2. The monoisotopic (exact) mass is 565 g/mol. The molecule has 2 amide bonds. The lowest BCUT2D eigenvalue weighted by molar-refractivity contribution is -0.119. The number of amides is 2. The molecule has 11 heteroatoms. The van der Waals surface area contributed by atoms with Gasteiger partial charge in [0.2, 0.25) is 0 Å². The highest BCUT2D eigenvalue weighted by atomic mass is 35.5. The quantitative estimate of drug-likeness (QED) is 0.294. The molecule has 6 rings (SSSR count). The molecule has 4 aromatic rings. The van der Waals surface area contributed by atoms with Gasteiger partial charge in [-0.3, -0.25) is 14.5 Å². The Balaban J connectivity index is 1.72. The minimum atomic E-state index is -1.68. The number of carbonyl (C=O) groups is 2. The van der Waals surface area contributed by atoms with Crippen LogP contribution in [-0.4, -0.2) is 28.5 Å². The summed E-state index contributed by atoms with van der Waals surface area (Å²) in [5.41, 5.74) is 7.06. The summed E-state index contributed by atoms with van der Waals surface area (Å²) < 4.78 is 21.6. The summed E-state index contributed by atoms with van der Waals surface area (Å²) in [6, 6.07) is 13.8. The summed E-state index contributed by atoms with van der Waals surface area (Å²) in [5, 5.41) is 3.12. The number of nitrogens with one attached hydrogen (secondary N) is 1. The zero-order valence-corrected chi connectivity index (χ0v) is 22.6. The van der Waals surface area contributed by atoms with Crippen molar-refractivity contribution in [2.75, 3.05) is 23.1 Å². The molecular formula is C28H22Cl2FN5O3. The minimum absolute atomic E-state index is 0.0796. The molecule has 0 radical (unpaired) electrons. The summed E-state index contributed by atoms with van der Waals surface area (Å²) in [4.78, 5) is 34.5. The molecule has 1 atom stereocenters. The average Bonchev–Trinajstić information content (AvgIpc) is 3.49.